The zero-order valence-corrected chi connectivity index (χ0v) is 17.6. The van der Waals surface area contributed by atoms with Crippen molar-refractivity contribution in [2.75, 3.05) is 0 Å². The summed E-state index contributed by atoms with van der Waals surface area (Å²) >= 11 is 0. The number of aryl methyl sites for hydroxylation is 1. The fourth-order valence-corrected chi connectivity index (χ4v) is 3.33. The first-order valence-electron chi connectivity index (χ1n) is 10.1. The Morgan fingerprint density at radius 1 is 0.793 bits per heavy atom. The fourth-order valence-electron chi connectivity index (χ4n) is 3.33. The highest BCUT2D eigenvalue weighted by molar-refractivity contribution is 5.81. The lowest BCUT2D eigenvalue weighted by atomic mass is 9.97. The molecule has 150 valence electrons. The van der Waals surface area contributed by atoms with E-state index in [1.807, 2.05) is 54.6 Å². The van der Waals surface area contributed by atoms with Gasteiger partial charge in [0.2, 0.25) is 0 Å². The third-order valence-electron chi connectivity index (χ3n) is 5.04. The van der Waals surface area contributed by atoms with Crippen LogP contribution in [0.15, 0.2) is 78.9 Å². The normalized spacial score (nSPS) is 13.0. The van der Waals surface area contributed by atoms with E-state index in [2.05, 4.69) is 50.4 Å². The maximum Gasteiger partial charge on any atom is 0.261 e. The van der Waals surface area contributed by atoms with Gasteiger partial charge < -0.3 is 10.1 Å². The summed E-state index contributed by atoms with van der Waals surface area (Å²) in [5, 5.41) is 3.17. The molecule has 0 aliphatic carbocycles. The van der Waals surface area contributed by atoms with E-state index in [-0.39, 0.29) is 11.9 Å². The monoisotopic (exact) mass is 387 g/mol. The van der Waals surface area contributed by atoms with Gasteiger partial charge in [0.1, 0.15) is 5.75 Å². The van der Waals surface area contributed by atoms with Crippen molar-refractivity contribution in [2.45, 2.75) is 45.8 Å². The van der Waals surface area contributed by atoms with Crippen molar-refractivity contribution in [3.63, 3.8) is 0 Å². The van der Waals surface area contributed by atoms with Gasteiger partial charge in [0.25, 0.3) is 5.91 Å². The molecule has 0 aliphatic rings. The Balaban J connectivity index is 1.80. The van der Waals surface area contributed by atoms with Gasteiger partial charge in [-0.3, -0.25) is 4.79 Å². The van der Waals surface area contributed by atoms with Crippen molar-refractivity contribution in [3.8, 4) is 5.75 Å². The number of nitrogens with one attached hydrogen (secondary N) is 1. The van der Waals surface area contributed by atoms with Gasteiger partial charge in [-0.05, 0) is 42.5 Å². The van der Waals surface area contributed by atoms with Crippen molar-refractivity contribution in [2.24, 2.45) is 0 Å². The Morgan fingerprint density at radius 2 is 1.38 bits per heavy atom. The minimum atomic E-state index is -0.605. The van der Waals surface area contributed by atoms with Gasteiger partial charge in [0.15, 0.2) is 6.10 Å². The highest BCUT2D eigenvalue weighted by Gasteiger charge is 2.22. The van der Waals surface area contributed by atoms with Gasteiger partial charge in [-0.1, -0.05) is 92.2 Å². The summed E-state index contributed by atoms with van der Waals surface area (Å²) in [6, 6.07) is 25.9. The summed E-state index contributed by atoms with van der Waals surface area (Å²) in [6.45, 7) is 8.09. The van der Waals surface area contributed by atoms with Crippen LogP contribution in [0.4, 0.5) is 0 Å². The first kappa shape index (κ1) is 20.7. The summed E-state index contributed by atoms with van der Waals surface area (Å²) < 4.78 is 6.05. The number of carbonyl (C=O) groups excluding carboxylic acids is 1. The number of benzene rings is 3. The largest absolute Gasteiger partial charge is 0.481 e. The zero-order chi connectivity index (χ0) is 20.8. The van der Waals surface area contributed by atoms with Crippen LogP contribution in [-0.2, 0) is 4.79 Å². The van der Waals surface area contributed by atoms with Crippen molar-refractivity contribution < 1.29 is 9.53 Å². The molecule has 3 rings (SSSR count). The molecule has 1 amide bonds. The predicted molar refractivity (Wildman–Crippen MR) is 118 cm³/mol. The topological polar surface area (TPSA) is 38.3 Å². The Hall–Kier alpha value is -3.07. The first-order valence-corrected chi connectivity index (χ1v) is 10.1. The highest BCUT2D eigenvalue weighted by Crippen LogP contribution is 2.27. The van der Waals surface area contributed by atoms with Crippen LogP contribution >= 0.6 is 0 Å². The highest BCUT2D eigenvalue weighted by atomic mass is 16.5. The third-order valence-corrected chi connectivity index (χ3v) is 5.04. The van der Waals surface area contributed by atoms with E-state index < -0.39 is 6.10 Å². The van der Waals surface area contributed by atoms with Gasteiger partial charge in [-0.15, -0.1) is 0 Å². The van der Waals surface area contributed by atoms with E-state index >= 15 is 0 Å². The van der Waals surface area contributed by atoms with Crippen LogP contribution in [0.3, 0.4) is 0 Å². The zero-order valence-electron chi connectivity index (χ0n) is 17.6. The Bertz CT molecular complexity index is 932. The number of carbonyl (C=O) groups is 1. The molecule has 3 heteroatoms. The molecule has 0 aromatic heterocycles. The van der Waals surface area contributed by atoms with Gasteiger partial charge in [-0.25, -0.2) is 0 Å². The average molecular weight is 388 g/mol. The molecule has 0 bridgehead atoms. The van der Waals surface area contributed by atoms with Crippen LogP contribution in [0.1, 0.15) is 55.0 Å². The predicted octanol–water partition coefficient (Wildman–Crippen LogP) is 5.79. The molecule has 3 aromatic carbocycles. The molecule has 0 saturated heterocycles. The lowest BCUT2D eigenvalue weighted by molar-refractivity contribution is -0.127. The van der Waals surface area contributed by atoms with Gasteiger partial charge >= 0.3 is 0 Å². The molecule has 0 radical (unpaired) electrons. The van der Waals surface area contributed by atoms with Crippen molar-refractivity contribution in [3.05, 3.63) is 101 Å². The van der Waals surface area contributed by atoms with Crippen LogP contribution in [0.25, 0.3) is 0 Å². The molecule has 2 atom stereocenters. The summed E-state index contributed by atoms with van der Waals surface area (Å²) in [5.74, 6) is 0.945. The standard InChI is InChI=1S/C26H29NO2/c1-18(2)23-12-8-9-13-24(23)29-20(4)26(28)27-25(21-10-6-5-7-11-21)22-16-14-19(3)15-17-22/h5-18,20,25H,1-4H3,(H,27,28). The smallest absolute Gasteiger partial charge is 0.261 e. The van der Waals surface area contributed by atoms with E-state index in [0.29, 0.717) is 5.92 Å². The number of para-hydroxylation sites is 1. The van der Waals surface area contributed by atoms with Crippen LogP contribution in [-0.4, -0.2) is 12.0 Å². The third kappa shape index (κ3) is 5.26. The molecule has 0 saturated carbocycles. The molecule has 29 heavy (non-hydrogen) atoms. The van der Waals surface area contributed by atoms with Crippen LogP contribution in [0, 0.1) is 6.92 Å². The van der Waals surface area contributed by atoms with Gasteiger partial charge in [0.05, 0.1) is 6.04 Å². The maximum atomic E-state index is 13.0. The van der Waals surface area contributed by atoms with Gasteiger partial charge in [0, 0.05) is 0 Å². The molecule has 1 N–H and O–H groups in total. The van der Waals surface area contributed by atoms with Crippen molar-refractivity contribution >= 4 is 5.91 Å². The molecule has 0 fully saturated rings. The lowest BCUT2D eigenvalue weighted by Crippen LogP contribution is -2.39. The minimum absolute atomic E-state index is 0.141. The molecule has 3 aromatic rings. The quantitative estimate of drug-likeness (QED) is 0.557. The molecular weight excluding hydrogens is 358 g/mol. The summed E-state index contributed by atoms with van der Waals surface area (Å²) in [6.07, 6.45) is -0.605. The SMILES string of the molecule is Cc1ccc(C(NC(=O)C(C)Oc2ccccc2C(C)C)c2ccccc2)cc1. The molecule has 2 unspecified atom stereocenters. The van der Waals surface area contributed by atoms with Crippen LogP contribution in [0.5, 0.6) is 5.75 Å². The number of amides is 1. The number of rotatable bonds is 7. The second-order valence-corrected chi connectivity index (χ2v) is 7.72. The summed E-state index contributed by atoms with van der Waals surface area (Å²) in [4.78, 5) is 13.0. The number of hydrogen-bond acceptors (Lipinski definition) is 2. The van der Waals surface area contributed by atoms with Crippen molar-refractivity contribution in [1.82, 2.24) is 5.32 Å². The fraction of sp³-hybridized carbons (Fsp3) is 0.269. The van der Waals surface area contributed by atoms with Gasteiger partial charge in [-0.2, -0.15) is 0 Å². The van der Waals surface area contributed by atoms with E-state index in [1.165, 1.54) is 5.56 Å². The molecule has 3 nitrogen and oxygen atoms in total. The summed E-state index contributed by atoms with van der Waals surface area (Å²) in [7, 11) is 0. The first-order chi connectivity index (χ1) is 14.0. The van der Waals surface area contributed by atoms with E-state index in [4.69, 9.17) is 4.74 Å². The molecule has 0 heterocycles. The minimum Gasteiger partial charge on any atom is -0.481 e. The molecular formula is C26H29NO2. The number of ether oxygens (including phenoxy) is 1. The van der Waals surface area contributed by atoms with E-state index in [0.717, 1.165) is 22.4 Å². The van der Waals surface area contributed by atoms with Crippen molar-refractivity contribution in [1.29, 1.82) is 0 Å². The van der Waals surface area contributed by atoms with Crippen LogP contribution < -0.4 is 10.1 Å². The van der Waals surface area contributed by atoms with E-state index in [1.54, 1.807) is 6.92 Å². The Morgan fingerprint density at radius 3 is 2.03 bits per heavy atom. The second-order valence-electron chi connectivity index (χ2n) is 7.72. The lowest BCUT2D eigenvalue weighted by Gasteiger charge is -2.24. The maximum absolute atomic E-state index is 13.0. The Labute approximate surface area is 173 Å². The van der Waals surface area contributed by atoms with Crippen LogP contribution in [0.2, 0.25) is 0 Å². The summed E-state index contributed by atoms with van der Waals surface area (Å²) in [5.41, 5.74) is 4.38. The number of hydrogen-bond donors (Lipinski definition) is 1. The average Bonchev–Trinajstić information content (AvgIpc) is 2.73. The molecule has 0 aliphatic heterocycles. The Kier molecular flexibility index (Phi) is 6.71. The second kappa shape index (κ2) is 9.42. The van der Waals surface area contributed by atoms with E-state index in [9.17, 15) is 4.79 Å². The molecule has 0 spiro atoms.